The van der Waals surface area contributed by atoms with Crippen LogP contribution >= 0.6 is 11.6 Å². The lowest BCUT2D eigenvalue weighted by Crippen LogP contribution is -2.38. The molecule has 0 aromatic heterocycles. The average Bonchev–Trinajstić information content (AvgIpc) is 2.28. The molecule has 0 saturated carbocycles. The summed E-state index contributed by atoms with van der Waals surface area (Å²) in [7, 11) is 2.13. The summed E-state index contributed by atoms with van der Waals surface area (Å²) < 4.78 is 0. The first kappa shape index (κ1) is 14.5. The molecule has 0 spiro atoms. The quantitative estimate of drug-likeness (QED) is 0.845. The van der Waals surface area contributed by atoms with Crippen LogP contribution in [0.5, 0.6) is 0 Å². The third-order valence-corrected chi connectivity index (χ3v) is 3.24. The molecule has 0 aliphatic carbocycles. The molecule has 17 heavy (non-hydrogen) atoms. The first-order valence-electron chi connectivity index (χ1n) is 6.17. The summed E-state index contributed by atoms with van der Waals surface area (Å²) in [4.78, 5) is 2.32. The van der Waals surface area contributed by atoms with Crippen molar-refractivity contribution >= 4 is 11.6 Å². The van der Waals surface area contributed by atoms with Gasteiger partial charge >= 0.3 is 0 Å². The standard InChI is InChI=1S/C14H23ClN2/c1-11(2)8-14(9-16)17(3)10-12-4-6-13(15)7-5-12/h4-7,11,14H,8-10,16H2,1-3H3. The van der Waals surface area contributed by atoms with E-state index in [0.717, 1.165) is 18.0 Å². The van der Waals surface area contributed by atoms with Gasteiger partial charge in [-0.15, -0.1) is 0 Å². The van der Waals surface area contributed by atoms with Crippen LogP contribution in [0.4, 0.5) is 0 Å². The molecule has 2 nitrogen and oxygen atoms in total. The molecular weight excluding hydrogens is 232 g/mol. The number of nitrogens with two attached hydrogens (primary N) is 1. The Morgan fingerprint density at radius 1 is 1.24 bits per heavy atom. The minimum atomic E-state index is 0.450. The molecule has 0 heterocycles. The van der Waals surface area contributed by atoms with E-state index in [1.807, 2.05) is 12.1 Å². The maximum Gasteiger partial charge on any atom is 0.0406 e. The fourth-order valence-corrected chi connectivity index (χ4v) is 2.13. The molecule has 0 fully saturated rings. The Morgan fingerprint density at radius 2 is 1.82 bits per heavy atom. The van der Waals surface area contributed by atoms with Gasteiger partial charge in [0.1, 0.15) is 0 Å². The highest BCUT2D eigenvalue weighted by Crippen LogP contribution is 2.14. The fraction of sp³-hybridized carbons (Fsp3) is 0.571. The second-order valence-corrected chi connectivity index (χ2v) is 5.50. The van der Waals surface area contributed by atoms with Crippen molar-refractivity contribution in [1.29, 1.82) is 0 Å². The Morgan fingerprint density at radius 3 is 2.29 bits per heavy atom. The van der Waals surface area contributed by atoms with E-state index < -0.39 is 0 Å². The number of hydrogen-bond donors (Lipinski definition) is 1. The molecule has 1 aromatic carbocycles. The van der Waals surface area contributed by atoms with Crippen molar-refractivity contribution < 1.29 is 0 Å². The van der Waals surface area contributed by atoms with Crippen LogP contribution in [0.2, 0.25) is 5.02 Å². The van der Waals surface area contributed by atoms with Gasteiger partial charge in [-0.2, -0.15) is 0 Å². The van der Waals surface area contributed by atoms with Crippen LogP contribution in [0, 0.1) is 5.92 Å². The van der Waals surface area contributed by atoms with Gasteiger partial charge in [-0.1, -0.05) is 37.6 Å². The lowest BCUT2D eigenvalue weighted by atomic mass is 10.0. The molecule has 0 bridgehead atoms. The zero-order valence-electron chi connectivity index (χ0n) is 11.0. The number of nitrogens with zero attached hydrogens (tertiary/aromatic N) is 1. The molecule has 2 N–H and O–H groups in total. The average molecular weight is 255 g/mol. The molecule has 96 valence electrons. The molecule has 0 amide bonds. The van der Waals surface area contributed by atoms with Crippen LogP contribution in [-0.4, -0.2) is 24.5 Å². The molecular formula is C14H23ClN2. The van der Waals surface area contributed by atoms with Crippen LogP contribution in [-0.2, 0) is 6.54 Å². The van der Waals surface area contributed by atoms with E-state index >= 15 is 0 Å². The van der Waals surface area contributed by atoms with Gasteiger partial charge in [0.25, 0.3) is 0 Å². The molecule has 0 radical (unpaired) electrons. The zero-order valence-corrected chi connectivity index (χ0v) is 11.7. The molecule has 0 aliphatic heterocycles. The number of hydrogen-bond acceptors (Lipinski definition) is 2. The second kappa shape index (κ2) is 7.00. The highest BCUT2D eigenvalue weighted by atomic mass is 35.5. The SMILES string of the molecule is CC(C)CC(CN)N(C)Cc1ccc(Cl)cc1. The van der Waals surface area contributed by atoms with Gasteiger partial charge in [0, 0.05) is 24.2 Å². The monoisotopic (exact) mass is 254 g/mol. The largest absolute Gasteiger partial charge is 0.329 e. The molecule has 0 aliphatic rings. The Labute approximate surface area is 110 Å². The van der Waals surface area contributed by atoms with Crippen LogP contribution in [0.15, 0.2) is 24.3 Å². The van der Waals surface area contributed by atoms with Crippen molar-refractivity contribution in [3.05, 3.63) is 34.9 Å². The maximum atomic E-state index is 5.87. The molecule has 1 rings (SSSR count). The van der Waals surface area contributed by atoms with Crippen molar-refractivity contribution in [1.82, 2.24) is 4.90 Å². The fourth-order valence-electron chi connectivity index (χ4n) is 2.01. The van der Waals surface area contributed by atoms with Crippen molar-refractivity contribution in [2.24, 2.45) is 11.7 Å². The Kier molecular flexibility index (Phi) is 5.96. The van der Waals surface area contributed by atoms with Crippen molar-refractivity contribution in [3.63, 3.8) is 0 Å². The van der Waals surface area contributed by atoms with E-state index in [0.29, 0.717) is 18.5 Å². The highest BCUT2D eigenvalue weighted by Gasteiger charge is 2.14. The summed E-state index contributed by atoms with van der Waals surface area (Å²) in [5, 5.41) is 0.786. The third-order valence-electron chi connectivity index (χ3n) is 2.98. The normalized spacial score (nSPS) is 13.4. The minimum Gasteiger partial charge on any atom is -0.329 e. The van der Waals surface area contributed by atoms with E-state index in [1.165, 1.54) is 5.56 Å². The predicted octanol–water partition coefficient (Wildman–Crippen LogP) is 3.15. The number of likely N-dealkylation sites (N-methyl/N-ethyl adjacent to an activating group) is 1. The summed E-state index contributed by atoms with van der Waals surface area (Å²) in [5.74, 6) is 0.677. The molecule has 1 unspecified atom stereocenters. The van der Waals surface area contributed by atoms with E-state index in [2.05, 4.69) is 37.9 Å². The summed E-state index contributed by atoms with van der Waals surface area (Å²) in [6.07, 6.45) is 1.14. The molecule has 0 saturated heterocycles. The Hall–Kier alpha value is -0.570. The van der Waals surface area contributed by atoms with Gasteiger partial charge in [-0.05, 0) is 37.1 Å². The maximum absolute atomic E-state index is 5.87. The second-order valence-electron chi connectivity index (χ2n) is 5.06. The van der Waals surface area contributed by atoms with Gasteiger partial charge in [-0.25, -0.2) is 0 Å². The topological polar surface area (TPSA) is 29.3 Å². The molecule has 1 aromatic rings. The van der Waals surface area contributed by atoms with Crippen molar-refractivity contribution in [2.75, 3.05) is 13.6 Å². The summed E-state index contributed by atoms with van der Waals surface area (Å²) in [5.41, 5.74) is 7.11. The van der Waals surface area contributed by atoms with Gasteiger partial charge in [0.2, 0.25) is 0 Å². The predicted molar refractivity (Wildman–Crippen MR) is 75.2 cm³/mol. The van der Waals surface area contributed by atoms with Gasteiger partial charge in [0.15, 0.2) is 0 Å². The van der Waals surface area contributed by atoms with Crippen LogP contribution < -0.4 is 5.73 Å². The van der Waals surface area contributed by atoms with Crippen LogP contribution in [0.25, 0.3) is 0 Å². The number of halogens is 1. The van der Waals surface area contributed by atoms with E-state index in [-0.39, 0.29) is 0 Å². The zero-order chi connectivity index (χ0) is 12.8. The van der Waals surface area contributed by atoms with Crippen LogP contribution in [0.1, 0.15) is 25.8 Å². The van der Waals surface area contributed by atoms with E-state index in [1.54, 1.807) is 0 Å². The summed E-state index contributed by atoms with van der Waals surface area (Å²) in [6, 6.07) is 8.46. The molecule has 3 heteroatoms. The first-order valence-corrected chi connectivity index (χ1v) is 6.55. The minimum absolute atomic E-state index is 0.450. The third kappa shape index (κ3) is 5.07. The van der Waals surface area contributed by atoms with Gasteiger partial charge < -0.3 is 5.73 Å². The van der Waals surface area contributed by atoms with Gasteiger partial charge in [-0.3, -0.25) is 4.90 Å². The lowest BCUT2D eigenvalue weighted by Gasteiger charge is -2.28. The van der Waals surface area contributed by atoms with E-state index in [9.17, 15) is 0 Å². The Balaban J connectivity index is 2.57. The van der Waals surface area contributed by atoms with Crippen molar-refractivity contribution in [3.8, 4) is 0 Å². The van der Waals surface area contributed by atoms with Gasteiger partial charge in [0.05, 0.1) is 0 Å². The summed E-state index contributed by atoms with van der Waals surface area (Å²) >= 11 is 5.87. The first-order chi connectivity index (χ1) is 8.02. The summed E-state index contributed by atoms with van der Waals surface area (Å²) in [6.45, 7) is 6.10. The lowest BCUT2D eigenvalue weighted by molar-refractivity contribution is 0.210. The molecule has 1 atom stereocenters. The van der Waals surface area contributed by atoms with Crippen LogP contribution in [0.3, 0.4) is 0 Å². The van der Waals surface area contributed by atoms with E-state index in [4.69, 9.17) is 17.3 Å². The number of benzene rings is 1. The van der Waals surface area contributed by atoms with Crippen molar-refractivity contribution in [2.45, 2.75) is 32.9 Å². The Bertz CT molecular complexity index is 321. The number of rotatable bonds is 6. The smallest absolute Gasteiger partial charge is 0.0406 e. The highest BCUT2D eigenvalue weighted by molar-refractivity contribution is 6.30.